The predicted molar refractivity (Wildman–Crippen MR) is 74.2 cm³/mol. The summed E-state index contributed by atoms with van der Waals surface area (Å²) in [6, 6.07) is -0.314. The Labute approximate surface area is 122 Å². The van der Waals surface area contributed by atoms with Crippen LogP contribution in [0.4, 0.5) is 23.2 Å². The summed E-state index contributed by atoms with van der Waals surface area (Å²) in [7, 11) is 0. The molecule has 0 spiro atoms. The minimum absolute atomic E-state index is 0.314. The van der Waals surface area contributed by atoms with Crippen molar-refractivity contribution in [2.75, 3.05) is 25.0 Å². The van der Waals surface area contributed by atoms with Crippen LogP contribution in [-0.4, -0.2) is 35.6 Å². The summed E-state index contributed by atoms with van der Waals surface area (Å²) in [5.41, 5.74) is -0.796. The van der Waals surface area contributed by atoms with Crippen LogP contribution in [-0.2, 0) is 0 Å². The van der Waals surface area contributed by atoms with Crippen molar-refractivity contribution in [1.29, 1.82) is 0 Å². The van der Waals surface area contributed by atoms with Gasteiger partial charge in [0, 0.05) is 6.04 Å². The van der Waals surface area contributed by atoms with Crippen molar-refractivity contribution in [3.8, 4) is 0 Å². The Morgan fingerprint density at radius 2 is 1.57 bits per heavy atom. The first-order valence-corrected chi connectivity index (χ1v) is 7.09. The molecular formula is C14H21F4N3. The van der Waals surface area contributed by atoms with Crippen molar-refractivity contribution in [1.82, 2.24) is 9.88 Å². The molecule has 1 rings (SSSR count). The van der Waals surface area contributed by atoms with Crippen LogP contribution in [0.2, 0.25) is 0 Å². The Morgan fingerprint density at radius 3 is 2.05 bits per heavy atom. The third-order valence-electron chi connectivity index (χ3n) is 3.39. The number of anilines is 1. The molecule has 0 amide bonds. The molecule has 0 saturated heterocycles. The number of hydrogen-bond acceptors (Lipinski definition) is 3. The topological polar surface area (TPSA) is 28.2 Å². The summed E-state index contributed by atoms with van der Waals surface area (Å²) in [4.78, 5) is 4.74. The standard InChI is InChI=1S/C14H21F4N3/c1-4-21(5-2)8-6-7-9(3)19-12-10(15)13(17)20-14(18)11(12)16/h9H,4-8H2,1-3H3,(H,19,20). The molecule has 1 aromatic heterocycles. The van der Waals surface area contributed by atoms with Crippen LogP contribution in [0.5, 0.6) is 0 Å². The molecule has 7 heteroatoms. The second kappa shape index (κ2) is 8.17. The Kier molecular flexibility index (Phi) is 6.87. The second-order valence-electron chi connectivity index (χ2n) is 4.91. The van der Waals surface area contributed by atoms with Crippen molar-refractivity contribution >= 4 is 5.69 Å². The Bertz CT molecular complexity index is 438. The minimum atomic E-state index is -1.65. The highest BCUT2D eigenvalue weighted by Crippen LogP contribution is 2.23. The van der Waals surface area contributed by atoms with Crippen molar-refractivity contribution in [3.63, 3.8) is 0 Å². The highest BCUT2D eigenvalue weighted by atomic mass is 19.2. The smallest absolute Gasteiger partial charge is 0.253 e. The number of nitrogens with one attached hydrogen (secondary N) is 1. The zero-order valence-electron chi connectivity index (χ0n) is 12.5. The van der Waals surface area contributed by atoms with Crippen LogP contribution in [0.3, 0.4) is 0 Å². The van der Waals surface area contributed by atoms with Crippen molar-refractivity contribution < 1.29 is 17.6 Å². The first-order valence-electron chi connectivity index (χ1n) is 7.09. The molecule has 0 saturated carbocycles. The number of aromatic nitrogens is 1. The van der Waals surface area contributed by atoms with Gasteiger partial charge in [0.25, 0.3) is 11.9 Å². The van der Waals surface area contributed by atoms with Gasteiger partial charge in [-0.1, -0.05) is 13.8 Å². The molecule has 3 nitrogen and oxygen atoms in total. The summed E-state index contributed by atoms with van der Waals surface area (Å²) >= 11 is 0. The van der Waals surface area contributed by atoms with E-state index in [1.165, 1.54) is 0 Å². The SMILES string of the molecule is CCN(CC)CCCC(C)Nc1c(F)c(F)nc(F)c1F. The summed E-state index contributed by atoms with van der Waals surface area (Å²) in [6.07, 6.45) is 1.44. The van der Waals surface area contributed by atoms with E-state index in [1.807, 2.05) is 0 Å². The summed E-state index contributed by atoms with van der Waals surface area (Å²) < 4.78 is 52.9. The number of rotatable bonds is 8. The molecule has 1 aromatic rings. The summed E-state index contributed by atoms with van der Waals surface area (Å²) in [5, 5.41) is 2.48. The highest BCUT2D eigenvalue weighted by molar-refractivity contribution is 5.46. The van der Waals surface area contributed by atoms with E-state index in [9.17, 15) is 17.6 Å². The molecule has 1 atom stereocenters. The zero-order valence-corrected chi connectivity index (χ0v) is 12.5. The maximum Gasteiger partial charge on any atom is 0.253 e. The first kappa shape index (κ1) is 17.7. The molecule has 1 heterocycles. The molecule has 120 valence electrons. The van der Waals surface area contributed by atoms with E-state index in [0.717, 1.165) is 26.1 Å². The zero-order chi connectivity index (χ0) is 16.0. The van der Waals surface area contributed by atoms with Crippen LogP contribution in [0.15, 0.2) is 0 Å². The third kappa shape index (κ3) is 4.84. The maximum absolute atomic E-state index is 13.4. The van der Waals surface area contributed by atoms with Gasteiger partial charge < -0.3 is 10.2 Å². The first-order chi connectivity index (χ1) is 9.90. The van der Waals surface area contributed by atoms with E-state index >= 15 is 0 Å². The van der Waals surface area contributed by atoms with E-state index in [0.29, 0.717) is 6.42 Å². The molecule has 0 aliphatic heterocycles. The van der Waals surface area contributed by atoms with Gasteiger partial charge in [-0.05, 0) is 39.4 Å². The van der Waals surface area contributed by atoms with Gasteiger partial charge in [0.1, 0.15) is 5.69 Å². The molecule has 1 unspecified atom stereocenters. The Hall–Kier alpha value is -1.37. The predicted octanol–water partition coefficient (Wildman–Crippen LogP) is 3.56. The normalized spacial score (nSPS) is 12.8. The lowest BCUT2D eigenvalue weighted by molar-refractivity contribution is 0.295. The lowest BCUT2D eigenvalue weighted by atomic mass is 10.1. The van der Waals surface area contributed by atoms with Gasteiger partial charge in [0.2, 0.25) is 11.6 Å². The van der Waals surface area contributed by atoms with E-state index < -0.39 is 29.2 Å². The fourth-order valence-corrected chi connectivity index (χ4v) is 2.09. The Morgan fingerprint density at radius 1 is 1.05 bits per heavy atom. The monoisotopic (exact) mass is 307 g/mol. The molecule has 0 aliphatic carbocycles. The van der Waals surface area contributed by atoms with E-state index in [1.54, 1.807) is 6.92 Å². The fraction of sp³-hybridized carbons (Fsp3) is 0.643. The van der Waals surface area contributed by atoms with Gasteiger partial charge >= 0.3 is 0 Å². The Balaban J connectivity index is 2.61. The molecular weight excluding hydrogens is 286 g/mol. The molecule has 1 N–H and O–H groups in total. The van der Waals surface area contributed by atoms with Gasteiger partial charge in [0.05, 0.1) is 0 Å². The number of pyridine rings is 1. The highest BCUT2D eigenvalue weighted by Gasteiger charge is 2.21. The van der Waals surface area contributed by atoms with Crippen LogP contribution in [0.25, 0.3) is 0 Å². The quantitative estimate of drug-likeness (QED) is 0.588. The van der Waals surface area contributed by atoms with Crippen LogP contribution in [0.1, 0.15) is 33.6 Å². The average Bonchev–Trinajstić information content (AvgIpc) is 2.46. The fourth-order valence-electron chi connectivity index (χ4n) is 2.09. The summed E-state index contributed by atoms with van der Waals surface area (Å²) in [5.74, 6) is -6.28. The summed E-state index contributed by atoms with van der Waals surface area (Å²) in [6.45, 7) is 8.54. The van der Waals surface area contributed by atoms with Gasteiger partial charge in [-0.2, -0.15) is 22.5 Å². The van der Waals surface area contributed by atoms with E-state index in [4.69, 9.17) is 0 Å². The van der Waals surface area contributed by atoms with Gasteiger partial charge in [0.15, 0.2) is 0 Å². The number of halogens is 4. The largest absolute Gasteiger partial charge is 0.378 e. The van der Waals surface area contributed by atoms with Crippen molar-refractivity contribution in [2.24, 2.45) is 0 Å². The number of hydrogen-bond donors (Lipinski definition) is 1. The van der Waals surface area contributed by atoms with Gasteiger partial charge in [-0.25, -0.2) is 0 Å². The second-order valence-corrected chi connectivity index (χ2v) is 4.91. The van der Waals surface area contributed by atoms with E-state index in [-0.39, 0.29) is 6.04 Å². The molecule has 0 fully saturated rings. The number of nitrogens with zero attached hydrogens (tertiary/aromatic N) is 2. The third-order valence-corrected chi connectivity index (χ3v) is 3.39. The van der Waals surface area contributed by atoms with Crippen LogP contribution >= 0.6 is 0 Å². The molecule has 0 radical (unpaired) electrons. The molecule has 0 aliphatic rings. The van der Waals surface area contributed by atoms with Gasteiger partial charge in [-0.15, -0.1) is 0 Å². The van der Waals surface area contributed by atoms with Crippen molar-refractivity contribution in [2.45, 2.75) is 39.7 Å². The minimum Gasteiger partial charge on any atom is -0.378 e. The molecule has 0 bridgehead atoms. The van der Waals surface area contributed by atoms with Crippen LogP contribution < -0.4 is 5.32 Å². The van der Waals surface area contributed by atoms with Crippen molar-refractivity contribution in [3.05, 3.63) is 23.5 Å². The molecule has 0 aromatic carbocycles. The lowest BCUT2D eigenvalue weighted by Gasteiger charge is -2.20. The maximum atomic E-state index is 13.4. The van der Waals surface area contributed by atoms with E-state index in [2.05, 4.69) is 29.0 Å². The average molecular weight is 307 g/mol. The van der Waals surface area contributed by atoms with Gasteiger partial charge in [-0.3, -0.25) is 0 Å². The lowest BCUT2D eigenvalue weighted by Crippen LogP contribution is -2.26. The molecule has 21 heavy (non-hydrogen) atoms. The van der Waals surface area contributed by atoms with Crippen LogP contribution in [0, 0.1) is 23.5 Å².